The summed E-state index contributed by atoms with van der Waals surface area (Å²) in [6.07, 6.45) is 4.71. The van der Waals surface area contributed by atoms with Crippen LogP contribution in [0, 0.1) is 5.92 Å². The summed E-state index contributed by atoms with van der Waals surface area (Å²) in [7, 11) is 0. The van der Waals surface area contributed by atoms with Gasteiger partial charge >= 0.3 is 0 Å². The molecule has 4 N–H and O–H groups in total. The quantitative estimate of drug-likeness (QED) is 0.453. The molecule has 0 aliphatic carbocycles. The van der Waals surface area contributed by atoms with Crippen molar-refractivity contribution in [3.8, 4) is 0 Å². The molecule has 4 aliphatic heterocycles. The number of rotatable bonds is 3. The van der Waals surface area contributed by atoms with Crippen molar-refractivity contribution in [2.24, 2.45) is 5.92 Å². The van der Waals surface area contributed by atoms with Crippen LogP contribution in [0.25, 0.3) is 0 Å². The van der Waals surface area contributed by atoms with Crippen molar-refractivity contribution >= 4 is 17.8 Å². The minimum Gasteiger partial charge on any atom is -0.481 e. The second-order valence-electron chi connectivity index (χ2n) is 10.6. The van der Waals surface area contributed by atoms with E-state index in [0.717, 1.165) is 52.1 Å². The summed E-state index contributed by atoms with van der Waals surface area (Å²) in [6, 6.07) is 3.71. The molecular formula is C26H40N4O7. The number of nitrogens with one attached hydrogen (secondary N) is 1. The van der Waals surface area contributed by atoms with Crippen LogP contribution in [0.5, 0.6) is 0 Å². The third-order valence-electron chi connectivity index (χ3n) is 7.44. The number of hydrogen-bond donors (Lipinski definition) is 4. The van der Waals surface area contributed by atoms with Crippen molar-refractivity contribution in [1.82, 2.24) is 19.7 Å². The van der Waals surface area contributed by atoms with E-state index in [1.54, 1.807) is 11.0 Å². The van der Waals surface area contributed by atoms with E-state index in [1.807, 2.05) is 10.6 Å². The van der Waals surface area contributed by atoms with E-state index in [2.05, 4.69) is 10.2 Å². The van der Waals surface area contributed by atoms with Gasteiger partial charge in [0.05, 0.1) is 5.60 Å². The van der Waals surface area contributed by atoms with Crippen LogP contribution in [-0.4, -0.2) is 98.9 Å². The van der Waals surface area contributed by atoms with Crippen LogP contribution in [0.1, 0.15) is 67.9 Å². The molecule has 0 spiro atoms. The maximum atomic E-state index is 13.1. The standard InChI is InChI=1S/C22H32N4O3.2C2H4O2/c27-20(25-9-5-22(29,6-10-25)15-24-7-1-2-8-24)18-3-4-19-17-11-16(12-23-13-17)14-26(19)21(18)28;2*1-2(3)4/h3-4,16-17,23,29H,1-2,5-15H2;2*1H3,(H,3,4)/t16-,17+;;/m0../s1. The Morgan fingerprint density at radius 3 is 2.19 bits per heavy atom. The van der Waals surface area contributed by atoms with Gasteiger partial charge in [-0.05, 0) is 69.8 Å². The number of carboxylic acids is 2. The van der Waals surface area contributed by atoms with E-state index in [4.69, 9.17) is 19.8 Å². The Labute approximate surface area is 217 Å². The third kappa shape index (κ3) is 7.86. The summed E-state index contributed by atoms with van der Waals surface area (Å²) in [5.74, 6) is -1.00. The minimum absolute atomic E-state index is 0.137. The van der Waals surface area contributed by atoms with E-state index in [0.29, 0.717) is 50.9 Å². The van der Waals surface area contributed by atoms with Crippen molar-refractivity contribution < 1.29 is 29.7 Å². The van der Waals surface area contributed by atoms with Crippen LogP contribution in [0.4, 0.5) is 0 Å². The molecule has 2 bridgehead atoms. The number of aromatic nitrogens is 1. The van der Waals surface area contributed by atoms with Crippen LogP contribution >= 0.6 is 0 Å². The molecule has 3 saturated heterocycles. The van der Waals surface area contributed by atoms with Gasteiger partial charge in [0, 0.05) is 58.2 Å². The minimum atomic E-state index is -0.833. The number of aliphatic carboxylic acids is 2. The zero-order valence-electron chi connectivity index (χ0n) is 21.8. The lowest BCUT2D eigenvalue weighted by molar-refractivity contribution is -0.135. The Morgan fingerprint density at radius 1 is 1.00 bits per heavy atom. The molecule has 206 valence electrons. The Balaban J connectivity index is 0.000000420. The summed E-state index contributed by atoms with van der Waals surface area (Å²) in [6.45, 7) is 8.58. The Bertz CT molecular complexity index is 1010. The molecule has 4 aliphatic rings. The number of carbonyl (C=O) groups is 3. The van der Waals surface area contributed by atoms with Gasteiger partial charge in [-0.1, -0.05) is 0 Å². The predicted octanol–water partition coefficient (Wildman–Crippen LogP) is 0.800. The zero-order valence-corrected chi connectivity index (χ0v) is 21.8. The van der Waals surface area contributed by atoms with E-state index in [9.17, 15) is 14.7 Å². The summed E-state index contributed by atoms with van der Waals surface area (Å²) in [4.78, 5) is 48.3. The number of β-amino-alcohol motifs (C(OH)–C–C–N with tert-alkyl or cyclic N) is 1. The number of carboxylic acid groups (broad SMARTS) is 2. The third-order valence-corrected chi connectivity index (χ3v) is 7.44. The first-order valence-corrected chi connectivity index (χ1v) is 13.1. The van der Waals surface area contributed by atoms with E-state index in [1.165, 1.54) is 12.8 Å². The van der Waals surface area contributed by atoms with Gasteiger partial charge < -0.3 is 35.0 Å². The Hall–Kier alpha value is -2.76. The number of fused-ring (bicyclic) bond motifs is 4. The summed E-state index contributed by atoms with van der Waals surface area (Å²) in [5.41, 5.74) is 0.499. The van der Waals surface area contributed by atoms with Gasteiger partial charge in [0.2, 0.25) is 0 Å². The molecule has 0 radical (unpaired) electrons. The van der Waals surface area contributed by atoms with E-state index < -0.39 is 17.5 Å². The van der Waals surface area contributed by atoms with Crippen molar-refractivity contribution in [3.63, 3.8) is 0 Å². The van der Waals surface area contributed by atoms with E-state index >= 15 is 0 Å². The molecule has 0 aromatic carbocycles. The van der Waals surface area contributed by atoms with Crippen molar-refractivity contribution in [3.05, 3.63) is 33.7 Å². The van der Waals surface area contributed by atoms with Crippen molar-refractivity contribution in [2.45, 2.75) is 64.0 Å². The van der Waals surface area contributed by atoms with Gasteiger partial charge in [-0.3, -0.25) is 19.2 Å². The Morgan fingerprint density at radius 2 is 1.59 bits per heavy atom. The molecule has 11 heteroatoms. The fourth-order valence-electron chi connectivity index (χ4n) is 5.76. The SMILES string of the molecule is CC(=O)O.CC(=O)O.O=C(c1ccc2n(c1=O)C[C@@H]1CNC[C@H]2C1)N1CCC(O)(CN2CCCC2)CC1. The van der Waals surface area contributed by atoms with Crippen LogP contribution in [0.3, 0.4) is 0 Å². The van der Waals surface area contributed by atoms with Crippen LogP contribution < -0.4 is 10.9 Å². The molecule has 5 heterocycles. The number of amides is 1. The maximum Gasteiger partial charge on any atom is 0.300 e. The summed E-state index contributed by atoms with van der Waals surface area (Å²) in [5, 5.41) is 29.2. The second kappa shape index (κ2) is 12.7. The first-order valence-electron chi connectivity index (χ1n) is 13.1. The van der Waals surface area contributed by atoms with Gasteiger partial charge in [0.25, 0.3) is 23.4 Å². The van der Waals surface area contributed by atoms with Gasteiger partial charge in [0.1, 0.15) is 5.56 Å². The maximum absolute atomic E-state index is 13.1. The number of likely N-dealkylation sites (tertiary alicyclic amines) is 2. The van der Waals surface area contributed by atoms with E-state index in [-0.39, 0.29) is 17.0 Å². The number of piperidine rings is 2. The number of carbonyl (C=O) groups excluding carboxylic acids is 1. The number of pyridine rings is 1. The van der Waals surface area contributed by atoms with Gasteiger partial charge in [-0.25, -0.2) is 0 Å². The molecule has 1 amide bonds. The fraction of sp³-hybridized carbons (Fsp3) is 0.692. The lowest BCUT2D eigenvalue weighted by Crippen LogP contribution is -2.52. The fourth-order valence-corrected chi connectivity index (χ4v) is 5.76. The number of aliphatic hydroxyl groups is 1. The number of hydrogen-bond acceptors (Lipinski definition) is 7. The molecule has 0 unspecified atom stereocenters. The molecule has 5 rings (SSSR count). The topological polar surface area (TPSA) is 152 Å². The Kier molecular flexibility index (Phi) is 9.86. The van der Waals surface area contributed by atoms with Gasteiger partial charge in [-0.2, -0.15) is 0 Å². The lowest BCUT2D eigenvalue weighted by Gasteiger charge is -2.40. The largest absolute Gasteiger partial charge is 0.481 e. The molecule has 11 nitrogen and oxygen atoms in total. The monoisotopic (exact) mass is 520 g/mol. The van der Waals surface area contributed by atoms with Crippen LogP contribution in [0.2, 0.25) is 0 Å². The molecule has 2 atom stereocenters. The normalized spacial score (nSPS) is 24.0. The van der Waals surface area contributed by atoms with Crippen molar-refractivity contribution in [2.75, 3.05) is 45.8 Å². The zero-order chi connectivity index (χ0) is 27.2. The average Bonchev–Trinajstić information content (AvgIpc) is 3.32. The first kappa shape index (κ1) is 28.8. The molecule has 37 heavy (non-hydrogen) atoms. The molecule has 0 saturated carbocycles. The lowest BCUT2D eigenvalue weighted by atomic mass is 9.84. The molecule has 1 aromatic rings. The highest BCUT2D eigenvalue weighted by molar-refractivity contribution is 5.94. The highest BCUT2D eigenvalue weighted by Gasteiger charge is 2.37. The highest BCUT2D eigenvalue weighted by Crippen LogP contribution is 2.32. The summed E-state index contributed by atoms with van der Waals surface area (Å²) < 4.78 is 1.85. The molecule has 3 fully saturated rings. The number of nitrogens with zero attached hydrogens (tertiary/aromatic N) is 3. The van der Waals surface area contributed by atoms with Gasteiger partial charge in [0.15, 0.2) is 0 Å². The highest BCUT2D eigenvalue weighted by atomic mass is 16.4. The summed E-state index contributed by atoms with van der Waals surface area (Å²) >= 11 is 0. The first-order chi connectivity index (χ1) is 17.5. The van der Waals surface area contributed by atoms with Crippen molar-refractivity contribution in [1.29, 1.82) is 0 Å². The molecule has 1 aromatic heterocycles. The second-order valence-corrected chi connectivity index (χ2v) is 10.6. The molecular weight excluding hydrogens is 480 g/mol. The van der Waals surface area contributed by atoms with Crippen LogP contribution in [-0.2, 0) is 16.1 Å². The average molecular weight is 521 g/mol. The predicted molar refractivity (Wildman–Crippen MR) is 137 cm³/mol. The van der Waals surface area contributed by atoms with Gasteiger partial charge in [-0.15, -0.1) is 0 Å². The smallest absolute Gasteiger partial charge is 0.300 e. The van der Waals surface area contributed by atoms with Crippen LogP contribution in [0.15, 0.2) is 16.9 Å².